The van der Waals surface area contributed by atoms with Crippen LogP contribution in [0.2, 0.25) is 0 Å². The molecule has 0 aromatic rings. The monoisotopic (exact) mass is 614 g/mol. The van der Waals surface area contributed by atoms with Crippen molar-refractivity contribution < 1.29 is 63.1 Å². The molecule has 1 fully saturated rings. The SMILES string of the molecule is CCCCCCCCCC(=O)OC(COC(=O)CCCCCCC)COP(=O)(O)OC1C(O)C(O)C(O)C(O)C1O. The summed E-state index contributed by atoms with van der Waals surface area (Å²) in [5.41, 5.74) is 0. The van der Waals surface area contributed by atoms with Crippen molar-refractivity contribution in [1.29, 1.82) is 0 Å². The number of aliphatic hydroxyl groups excluding tert-OH is 5. The van der Waals surface area contributed by atoms with E-state index in [1.165, 1.54) is 6.42 Å². The number of phosphoric acid groups is 1. The van der Waals surface area contributed by atoms with Gasteiger partial charge in [-0.3, -0.25) is 18.6 Å². The Morgan fingerprint density at radius 3 is 1.61 bits per heavy atom. The molecule has 0 saturated heterocycles. The average molecular weight is 615 g/mol. The van der Waals surface area contributed by atoms with Crippen LogP contribution in [0.5, 0.6) is 0 Å². The van der Waals surface area contributed by atoms with E-state index in [4.69, 9.17) is 18.5 Å². The molecule has 6 unspecified atom stereocenters. The first-order valence-electron chi connectivity index (χ1n) is 14.8. The van der Waals surface area contributed by atoms with Crippen molar-refractivity contribution in [1.82, 2.24) is 0 Å². The van der Waals surface area contributed by atoms with Gasteiger partial charge < -0.3 is 39.9 Å². The summed E-state index contributed by atoms with van der Waals surface area (Å²) in [4.78, 5) is 34.7. The van der Waals surface area contributed by atoms with E-state index in [0.29, 0.717) is 12.8 Å². The van der Waals surface area contributed by atoms with Crippen molar-refractivity contribution in [2.24, 2.45) is 0 Å². The van der Waals surface area contributed by atoms with Crippen molar-refractivity contribution in [3.05, 3.63) is 0 Å². The van der Waals surface area contributed by atoms with Crippen LogP contribution in [0.4, 0.5) is 0 Å². The first-order valence-corrected chi connectivity index (χ1v) is 16.3. The normalized spacial score (nSPS) is 26.7. The molecule has 0 aliphatic heterocycles. The molecule has 0 aromatic heterocycles. The molecular formula is C27H51O13P. The zero-order chi connectivity index (χ0) is 30.8. The summed E-state index contributed by atoms with van der Waals surface area (Å²) >= 11 is 0. The van der Waals surface area contributed by atoms with E-state index >= 15 is 0 Å². The van der Waals surface area contributed by atoms with Crippen LogP contribution in [0.1, 0.15) is 104 Å². The zero-order valence-electron chi connectivity index (χ0n) is 24.3. The zero-order valence-corrected chi connectivity index (χ0v) is 25.2. The second-order valence-electron chi connectivity index (χ2n) is 10.6. The lowest BCUT2D eigenvalue weighted by Crippen LogP contribution is -2.64. The summed E-state index contributed by atoms with van der Waals surface area (Å²) in [6.45, 7) is 3.05. The maximum atomic E-state index is 12.6. The number of unbranched alkanes of at least 4 members (excludes halogenated alkanes) is 10. The third-order valence-electron chi connectivity index (χ3n) is 6.95. The van der Waals surface area contributed by atoms with Gasteiger partial charge in [-0.25, -0.2) is 4.57 Å². The van der Waals surface area contributed by atoms with Crippen LogP contribution in [0, 0.1) is 0 Å². The Morgan fingerprint density at radius 2 is 1.10 bits per heavy atom. The summed E-state index contributed by atoms with van der Waals surface area (Å²) in [6.07, 6.45) is -1.30. The molecular weight excluding hydrogens is 563 g/mol. The van der Waals surface area contributed by atoms with Crippen LogP contribution < -0.4 is 0 Å². The van der Waals surface area contributed by atoms with Crippen molar-refractivity contribution in [2.45, 2.75) is 146 Å². The molecule has 1 saturated carbocycles. The number of hydrogen-bond donors (Lipinski definition) is 6. The van der Waals surface area contributed by atoms with Gasteiger partial charge in [0.2, 0.25) is 0 Å². The van der Waals surface area contributed by atoms with Gasteiger partial charge in [0.15, 0.2) is 6.10 Å². The minimum atomic E-state index is -5.08. The molecule has 1 aliphatic rings. The molecule has 0 spiro atoms. The van der Waals surface area contributed by atoms with E-state index in [2.05, 4.69) is 13.8 Å². The number of phosphoric ester groups is 1. The quantitative estimate of drug-likeness (QED) is 0.0588. The number of carbonyl (C=O) groups excluding carboxylic acids is 2. The number of carbonyl (C=O) groups is 2. The van der Waals surface area contributed by atoms with Gasteiger partial charge in [-0.1, -0.05) is 78.1 Å². The van der Waals surface area contributed by atoms with Gasteiger partial charge >= 0.3 is 19.8 Å². The summed E-state index contributed by atoms with van der Waals surface area (Å²) in [5.74, 6) is -1.12. The van der Waals surface area contributed by atoms with Crippen LogP contribution in [-0.2, 0) is 32.7 Å². The lowest BCUT2D eigenvalue weighted by Gasteiger charge is -2.41. The molecule has 6 atom stereocenters. The molecule has 0 amide bonds. The summed E-state index contributed by atoms with van der Waals surface area (Å²) < 4.78 is 32.8. The number of hydrogen-bond acceptors (Lipinski definition) is 12. The molecule has 0 aromatic carbocycles. The second-order valence-corrected chi connectivity index (χ2v) is 12.0. The molecule has 6 N–H and O–H groups in total. The van der Waals surface area contributed by atoms with Gasteiger partial charge in [0.25, 0.3) is 0 Å². The highest BCUT2D eigenvalue weighted by molar-refractivity contribution is 7.47. The highest BCUT2D eigenvalue weighted by Crippen LogP contribution is 2.47. The predicted octanol–water partition coefficient (Wildman–Crippen LogP) is 2.26. The summed E-state index contributed by atoms with van der Waals surface area (Å²) in [5, 5.41) is 49.4. The molecule has 1 rings (SSSR count). The van der Waals surface area contributed by atoms with E-state index < -0.39 is 75.7 Å². The van der Waals surface area contributed by atoms with Crippen molar-refractivity contribution >= 4 is 19.8 Å². The van der Waals surface area contributed by atoms with E-state index in [1.807, 2.05) is 0 Å². The number of ether oxygens (including phenoxy) is 2. The molecule has 41 heavy (non-hydrogen) atoms. The van der Waals surface area contributed by atoms with Crippen LogP contribution in [-0.4, -0.2) is 98.3 Å². The minimum Gasteiger partial charge on any atom is -0.462 e. The predicted molar refractivity (Wildman–Crippen MR) is 148 cm³/mol. The van der Waals surface area contributed by atoms with Gasteiger partial charge in [0.1, 0.15) is 43.2 Å². The van der Waals surface area contributed by atoms with E-state index in [1.54, 1.807) is 0 Å². The molecule has 0 radical (unpaired) electrons. The summed E-state index contributed by atoms with van der Waals surface area (Å²) in [6, 6.07) is 0. The third-order valence-corrected chi connectivity index (χ3v) is 7.93. The van der Waals surface area contributed by atoms with Crippen LogP contribution in [0.15, 0.2) is 0 Å². The van der Waals surface area contributed by atoms with Crippen molar-refractivity contribution in [3.63, 3.8) is 0 Å². The standard InChI is InChI=1S/C27H51O13P/c1-3-5-7-9-10-12-14-16-21(29)39-19(17-37-20(28)15-13-11-8-6-4-2)18-38-41(35,36)40-27-25(33)23(31)22(30)24(32)26(27)34/h19,22-27,30-34H,3-18H2,1-2H3,(H,35,36). The first-order chi connectivity index (χ1) is 19.4. The Labute approximate surface area is 242 Å². The number of esters is 2. The van der Waals surface area contributed by atoms with E-state index in [0.717, 1.165) is 57.8 Å². The largest absolute Gasteiger partial charge is 0.472 e. The highest BCUT2D eigenvalue weighted by Gasteiger charge is 2.51. The molecule has 0 bridgehead atoms. The Bertz CT molecular complexity index is 766. The minimum absolute atomic E-state index is 0.0987. The van der Waals surface area contributed by atoms with Crippen LogP contribution in [0.25, 0.3) is 0 Å². The summed E-state index contributed by atoms with van der Waals surface area (Å²) in [7, 11) is -5.08. The molecule has 1 aliphatic carbocycles. The maximum Gasteiger partial charge on any atom is 0.472 e. The van der Waals surface area contributed by atoms with E-state index in [-0.39, 0.29) is 12.8 Å². The lowest BCUT2D eigenvalue weighted by atomic mass is 9.85. The van der Waals surface area contributed by atoms with Crippen LogP contribution >= 0.6 is 7.82 Å². The fourth-order valence-electron chi connectivity index (χ4n) is 4.40. The second kappa shape index (κ2) is 20.7. The molecule has 13 nitrogen and oxygen atoms in total. The van der Waals surface area contributed by atoms with Crippen molar-refractivity contribution in [3.8, 4) is 0 Å². The fraction of sp³-hybridized carbons (Fsp3) is 0.926. The Balaban J connectivity index is 2.68. The topological polar surface area (TPSA) is 210 Å². The molecule has 0 heterocycles. The number of rotatable bonds is 22. The van der Waals surface area contributed by atoms with Gasteiger partial charge in [-0.05, 0) is 12.8 Å². The Kier molecular flexibility index (Phi) is 19.1. The van der Waals surface area contributed by atoms with Crippen LogP contribution in [0.3, 0.4) is 0 Å². The van der Waals surface area contributed by atoms with E-state index in [9.17, 15) is 44.6 Å². The van der Waals surface area contributed by atoms with Gasteiger partial charge in [0.05, 0.1) is 6.61 Å². The lowest BCUT2D eigenvalue weighted by molar-refractivity contribution is -0.220. The fourth-order valence-corrected chi connectivity index (χ4v) is 5.37. The van der Waals surface area contributed by atoms with Gasteiger partial charge in [-0.2, -0.15) is 0 Å². The van der Waals surface area contributed by atoms with Crippen molar-refractivity contribution in [2.75, 3.05) is 13.2 Å². The molecule has 14 heteroatoms. The van der Waals surface area contributed by atoms with Gasteiger partial charge in [0, 0.05) is 12.8 Å². The Hall–Kier alpha value is -1.15. The third kappa shape index (κ3) is 15.2. The number of aliphatic hydroxyl groups is 5. The van der Waals surface area contributed by atoms with Gasteiger partial charge in [-0.15, -0.1) is 0 Å². The molecule has 242 valence electrons. The average Bonchev–Trinajstić information content (AvgIpc) is 2.94. The smallest absolute Gasteiger partial charge is 0.462 e. The maximum absolute atomic E-state index is 12.6. The highest BCUT2D eigenvalue weighted by atomic mass is 31.2. The first kappa shape index (κ1) is 37.9. The Morgan fingerprint density at radius 1 is 0.659 bits per heavy atom.